The van der Waals surface area contributed by atoms with Gasteiger partial charge in [0.2, 0.25) is 11.8 Å². The number of piperidine rings is 3. The molecule has 6 nitrogen and oxygen atoms in total. The summed E-state index contributed by atoms with van der Waals surface area (Å²) in [7, 11) is 0. The topological polar surface area (TPSA) is 78.7 Å². The minimum Gasteiger partial charge on any atom is -0.340 e. The average Bonchev–Trinajstić information content (AvgIpc) is 2.72. The van der Waals surface area contributed by atoms with Crippen molar-refractivity contribution in [3.8, 4) is 0 Å². The van der Waals surface area contributed by atoms with Gasteiger partial charge in [-0.25, -0.2) is 0 Å². The Hall–Kier alpha value is -1.92. The number of rotatable bonds is 3. The molecule has 4 rings (SSSR count). The lowest BCUT2D eigenvalue weighted by Crippen LogP contribution is -2.63. The maximum atomic E-state index is 13.2. The van der Waals surface area contributed by atoms with Gasteiger partial charge >= 0.3 is 0 Å². The lowest BCUT2D eigenvalue weighted by atomic mass is 9.73. The summed E-state index contributed by atoms with van der Waals surface area (Å²) in [4.78, 5) is 29.8. The highest BCUT2D eigenvalue weighted by Gasteiger charge is 2.46. The first kappa shape index (κ1) is 19.4. The Bertz CT molecular complexity index is 717. The van der Waals surface area contributed by atoms with Crippen molar-refractivity contribution in [1.29, 1.82) is 0 Å². The average molecular weight is 385 g/mol. The molecule has 3 aliphatic rings. The molecule has 6 heteroatoms. The number of nitrogens with one attached hydrogen (secondary N) is 1. The van der Waals surface area contributed by atoms with Gasteiger partial charge in [0.15, 0.2) is 0 Å². The third-order valence-electron chi connectivity index (χ3n) is 6.83. The Morgan fingerprint density at radius 3 is 2.57 bits per heavy atom. The quantitative estimate of drug-likeness (QED) is 0.828. The standard InChI is InChI=1S/C22H32N4O2/c23-22(10-12-24-13-11-22)20(28)25-14-4-8-21(16-25)9-7-19(27)26(17-21)15-18-5-2-1-3-6-18/h1-3,5-6,24H,4,7-17,23H2. The van der Waals surface area contributed by atoms with E-state index in [-0.39, 0.29) is 17.2 Å². The van der Waals surface area contributed by atoms with Crippen molar-refractivity contribution >= 4 is 11.8 Å². The van der Waals surface area contributed by atoms with Gasteiger partial charge < -0.3 is 20.9 Å². The molecule has 0 saturated carbocycles. The van der Waals surface area contributed by atoms with E-state index in [0.717, 1.165) is 57.5 Å². The maximum Gasteiger partial charge on any atom is 0.242 e. The van der Waals surface area contributed by atoms with Crippen LogP contribution in [-0.4, -0.2) is 59.9 Å². The summed E-state index contributed by atoms with van der Waals surface area (Å²) in [5, 5.41) is 3.29. The first-order chi connectivity index (χ1) is 13.5. The summed E-state index contributed by atoms with van der Waals surface area (Å²) in [6.45, 7) is 4.53. The zero-order chi connectivity index (χ0) is 19.6. The Morgan fingerprint density at radius 2 is 1.82 bits per heavy atom. The highest BCUT2D eigenvalue weighted by Crippen LogP contribution is 2.40. The fourth-order valence-corrected chi connectivity index (χ4v) is 5.17. The van der Waals surface area contributed by atoms with Gasteiger partial charge in [0.1, 0.15) is 0 Å². The second kappa shape index (κ2) is 7.84. The molecule has 0 aromatic heterocycles. The molecule has 3 fully saturated rings. The summed E-state index contributed by atoms with van der Waals surface area (Å²) in [5.74, 6) is 0.339. The van der Waals surface area contributed by atoms with E-state index >= 15 is 0 Å². The molecule has 3 N–H and O–H groups in total. The van der Waals surface area contributed by atoms with Crippen molar-refractivity contribution in [2.75, 3.05) is 32.7 Å². The van der Waals surface area contributed by atoms with Crippen LogP contribution in [0.25, 0.3) is 0 Å². The van der Waals surface area contributed by atoms with E-state index in [2.05, 4.69) is 17.4 Å². The molecule has 0 bridgehead atoms. The van der Waals surface area contributed by atoms with E-state index in [9.17, 15) is 9.59 Å². The van der Waals surface area contributed by atoms with Crippen LogP contribution in [0.5, 0.6) is 0 Å². The molecule has 152 valence electrons. The van der Waals surface area contributed by atoms with Crippen LogP contribution in [0.1, 0.15) is 44.1 Å². The monoisotopic (exact) mass is 384 g/mol. The second-order valence-corrected chi connectivity index (χ2v) is 8.97. The Kier molecular flexibility index (Phi) is 5.43. The summed E-state index contributed by atoms with van der Waals surface area (Å²) >= 11 is 0. The van der Waals surface area contributed by atoms with E-state index in [1.54, 1.807) is 0 Å². The van der Waals surface area contributed by atoms with Gasteiger partial charge in [-0.2, -0.15) is 0 Å². The van der Waals surface area contributed by atoms with Gasteiger partial charge in [-0.15, -0.1) is 0 Å². The van der Waals surface area contributed by atoms with Crippen LogP contribution in [0.15, 0.2) is 30.3 Å². The van der Waals surface area contributed by atoms with Crippen molar-refractivity contribution in [3.05, 3.63) is 35.9 Å². The smallest absolute Gasteiger partial charge is 0.242 e. The van der Waals surface area contributed by atoms with E-state index < -0.39 is 5.54 Å². The highest BCUT2D eigenvalue weighted by atomic mass is 16.2. The minimum atomic E-state index is -0.724. The Labute approximate surface area is 167 Å². The van der Waals surface area contributed by atoms with Crippen molar-refractivity contribution in [2.45, 2.75) is 50.6 Å². The zero-order valence-electron chi connectivity index (χ0n) is 16.7. The van der Waals surface area contributed by atoms with Crippen LogP contribution in [0, 0.1) is 5.41 Å². The molecule has 3 saturated heterocycles. The number of benzene rings is 1. The fraction of sp³-hybridized carbons (Fsp3) is 0.636. The predicted molar refractivity (Wildman–Crippen MR) is 108 cm³/mol. The van der Waals surface area contributed by atoms with E-state index in [4.69, 9.17) is 5.73 Å². The van der Waals surface area contributed by atoms with Gasteiger partial charge in [0.25, 0.3) is 0 Å². The minimum absolute atomic E-state index is 0.0138. The number of carbonyl (C=O) groups excluding carboxylic acids is 2. The first-order valence-electron chi connectivity index (χ1n) is 10.6. The third-order valence-corrected chi connectivity index (χ3v) is 6.83. The van der Waals surface area contributed by atoms with Crippen molar-refractivity contribution < 1.29 is 9.59 Å². The molecule has 1 spiro atoms. The molecular weight excluding hydrogens is 352 g/mol. The van der Waals surface area contributed by atoms with Crippen LogP contribution >= 0.6 is 0 Å². The number of amides is 2. The molecule has 3 aliphatic heterocycles. The number of carbonyl (C=O) groups is 2. The largest absolute Gasteiger partial charge is 0.340 e. The van der Waals surface area contributed by atoms with Crippen molar-refractivity contribution in [1.82, 2.24) is 15.1 Å². The van der Waals surface area contributed by atoms with Crippen LogP contribution in [-0.2, 0) is 16.1 Å². The molecular formula is C22H32N4O2. The molecule has 1 unspecified atom stereocenters. The second-order valence-electron chi connectivity index (χ2n) is 8.97. The summed E-state index contributed by atoms with van der Waals surface area (Å²) in [6.07, 6.45) is 4.93. The molecule has 1 atom stereocenters. The molecule has 1 aromatic carbocycles. The maximum absolute atomic E-state index is 13.2. The fourth-order valence-electron chi connectivity index (χ4n) is 5.17. The molecule has 28 heavy (non-hydrogen) atoms. The van der Waals surface area contributed by atoms with E-state index in [0.29, 0.717) is 25.8 Å². The third kappa shape index (κ3) is 3.94. The summed E-state index contributed by atoms with van der Waals surface area (Å²) in [6, 6.07) is 10.2. The van der Waals surface area contributed by atoms with Gasteiger partial charge in [-0.05, 0) is 50.8 Å². The molecule has 0 radical (unpaired) electrons. The lowest BCUT2D eigenvalue weighted by molar-refractivity contribution is -0.147. The van der Waals surface area contributed by atoms with E-state index in [1.165, 1.54) is 0 Å². The number of nitrogens with zero attached hydrogens (tertiary/aromatic N) is 2. The molecule has 2 amide bonds. The predicted octanol–water partition coefficient (Wildman–Crippen LogP) is 1.50. The van der Waals surface area contributed by atoms with Crippen LogP contribution in [0.3, 0.4) is 0 Å². The van der Waals surface area contributed by atoms with Gasteiger partial charge in [0.05, 0.1) is 5.54 Å². The number of hydrogen-bond donors (Lipinski definition) is 2. The molecule has 3 heterocycles. The van der Waals surface area contributed by atoms with Gasteiger partial charge in [-0.3, -0.25) is 9.59 Å². The molecule has 0 aliphatic carbocycles. The summed E-state index contributed by atoms with van der Waals surface area (Å²) in [5.41, 5.74) is 6.96. The van der Waals surface area contributed by atoms with Gasteiger partial charge in [-0.1, -0.05) is 30.3 Å². The Balaban J connectivity index is 1.46. The first-order valence-corrected chi connectivity index (χ1v) is 10.6. The van der Waals surface area contributed by atoms with Crippen molar-refractivity contribution in [3.63, 3.8) is 0 Å². The van der Waals surface area contributed by atoms with Crippen LogP contribution < -0.4 is 11.1 Å². The van der Waals surface area contributed by atoms with Crippen molar-refractivity contribution in [2.24, 2.45) is 11.1 Å². The Morgan fingerprint density at radius 1 is 1.07 bits per heavy atom. The van der Waals surface area contributed by atoms with E-state index in [1.807, 2.05) is 28.0 Å². The highest BCUT2D eigenvalue weighted by molar-refractivity contribution is 5.86. The van der Waals surface area contributed by atoms with Crippen LogP contribution in [0.4, 0.5) is 0 Å². The number of nitrogens with two attached hydrogens (primary N) is 1. The van der Waals surface area contributed by atoms with Crippen LogP contribution in [0.2, 0.25) is 0 Å². The number of likely N-dealkylation sites (tertiary alicyclic amines) is 2. The lowest BCUT2D eigenvalue weighted by Gasteiger charge is -2.50. The van der Waals surface area contributed by atoms with Gasteiger partial charge in [0, 0.05) is 38.0 Å². The zero-order valence-corrected chi connectivity index (χ0v) is 16.7. The normalized spacial score (nSPS) is 27.8. The SMILES string of the molecule is NC1(C(=O)N2CCCC3(CCC(=O)N(Cc4ccccc4)C3)C2)CCNCC1. The molecule has 1 aromatic rings. The number of hydrogen-bond acceptors (Lipinski definition) is 4. The summed E-state index contributed by atoms with van der Waals surface area (Å²) < 4.78 is 0.